The number of pyridine rings is 1. The van der Waals surface area contributed by atoms with Gasteiger partial charge < -0.3 is 15.0 Å². The quantitative estimate of drug-likeness (QED) is 0.345. The van der Waals surface area contributed by atoms with Crippen LogP contribution in [0.15, 0.2) is 36.9 Å². The Morgan fingerprint density at radius 2 is 1.85 bits per heavy atom. The van der Waals surface area contributed by atoms with Crippen LogP contribution >= 0.6 is 0 Å². The lowest BCUT2D eigenvalue weighted by Crippen LogP contribution is -2.39. The maximum atomic E-state index is 14.7. The summed E-state index contributed by atoms with van der Waals surface area (Å²) in [5.41, 5.74) is 3.29. The van der Waals surface area contributed by atoms with E-state index in [4.69, 9.17) is 4.74 Å². The molecule has 0 aliphatic carbocycles. The van der Waals surface area contributed by atoms with Gasteiger partial charge in [-0.3, -0.25) is 14.2 Å². The summed E-state index contributed by atoms with van der Waals surface area (Å²) >= 11 is 0. The number of nitrogens with zero attached hydrogens (tertiary/aromatic N) is 5. The molecule has 6 rings (SSSR count). The minimum Gasteiger partial charge on any atom is -0.493 e. The van der Waals surface area contributed by atoms with E-state index in [9.17, 15) is 22.4 Å². The summed E-state index contributed by atoms with van der Waals surface area (Å²) < 4.78 is 62.5. The highest BCUT2D eigenvalue weighted by Crippen LogP contribution is 2.37. The normalized spacial score (nSPS) is 15.0. The van der Waals surface area contributed by atoms with E-state index in [-0.39, 0.29) is 30.1 Å². The van der Waals surface area contributed by atoms with Crippen LogP contribution in [0.1, 0.15) is 53.6 Å². The molecular weight excluding hydrogens is 528 g/mol. The molecule has 40 heavy (non-hydrogen) atoms. The lowest BCUT2D eigenvalue weighted by molar-refractivity contribution is -0.141. The van der Waals surface area contributed by atoms with Crippen molar-refractivity contribution in [2.45, 2.75) is 51.9 Å². The fraction of sp³-hybridized carbons (Fsp3) is 0.357. The molecule has 12 heteroatoms. The van der Waals surface area contributed by atoms with Crippen molar-refractivity contribution < 1.29 is 27.1 Å². The van der Waals surface area contributed by atoms with Crippen molar-refractivity contribution in [2.24, 2.45) is 0 Å². The number of alkyl halides is 3. The first-order chi connectivity index (χ1) is 18.9. The molecule has 4 aromatic rings. The average molecular weight is 555 g/mol. The van der Waals surface area contributed by atoms with Crippen LogP contribution in [-0.2, 0) is 24.9 Å². The third kappa shape index (κ3) is 4.50. The van der Waals surface area contributed by atoms with Crippen LogP contribution in [0.5, 0.6) is 5.75 Å². The van der Waals surface area contributed by atoms with Gasteiger partial charge in [0.1, 0.15) is 24.4 Å². The Balaban J connectivity index is 1.48. The standard InChI is InChI=1S/C28H26F4N6O2/c1-27(2,3)22-8-15-12-37(13-28(30,31)32)25(39)23-24-19(17(15)9-33-22)11-35-26(38(24)14-36-23)34-10-18-16-6-7-40-21(16)5-4-20(18)29/h4-5,8-9,11,14H,6-7,10,12-13H2,1-3H3,(H,34,35). The molecule has 1 amide bonds. The number of hydrogen-bond acceptors (Lipinski definition) is 6. The van der Waals surface area contributed by atoms with Gasteiger partial charge in [-0.2, -0.15) is 13.2 Å². The zero-order chi connectivity index (χ0) is 28.4. The molecule has 0 saturated heterocycles. The largest absolute Gasteiger partial charge is 0.493 e. The highest BCUT2D eigenvalue weighted by molar-refractivity contribution is 6.04. The molecule has 1 N–H and O–H groups in total. The molecule has 2 aliphatic rings. The number of carbonyl (C=O) groups excluding carboxylic acids is 1. The van der Waals surface area contributed by atoms with Crippen molar-refractivity contribution >= 4 is 17.4 Å². The summed E-state index contributed by atoms with van der Waals surface area (Å²) in [6.45, 7) is 4.71. The molecule has 0 saturated carbocycles. The van der Waals surface area contributed by atoms with Crippen LogP contribution in [0.2, 0.25) is 0 Å². The number of anilines is 1. The molecule has 0 bridgehead atoms. The van der Waals surface area contributed by atoms with Crippen LogP contribution < -0.4 is 10.1 Å². The highest BCUT2D eigenvalue weighted by atomic mass is 19.4. The Bertz CT molecular complexity index is 1660. The van der Waals surface area contributed by atoms with Crippen molar-refractivity contribution in [3.8, 4) is 16.9 Å². The minimum absolute atomic E-state index is 0.0779. The molecule has 0 atom stereocenters. The van der Waals surface area contributed by atoms with E-state index in [1.54, 1.807) is 24.5 Å². The van der Waals surface area contributed by atoms with Gasteiger partial charge in [0.2, 0.25) is 5.95 Å². The van der Waals surface area contributed by atoms with Gasteiger partial charge >= 0.3 is 6.18 Å². The van der Waals surface area contributed by atoms with Crippen molar-refractivity contribution in [2.75, 3.05) is 18.5 Å². The van der Waals surface area contributed by atoms with E-state index in [1.165, 1.54) is 16.8 Å². The number of ether oxygens (including phenoxy) is 1. The molecule has 0 radical (unpaired) electrons. The molecular formula is C28H26F4N6O2. The van der Waals surface area contributed by atoms with E-state index < -0.39 is 24.4 Å². The zero-order valence-electron chi connectivity index (χ0n) is 22.1. The van der Waals surface area contributed by atoms with E-state index in [2.05, 4.69) is 20.3 Å². The molecule has 0 fully saturated rings. The van der Waals surface area contributed by atoms with Crippen LogP contribution in [0.4, 0.5) is 23.5 Å². The smallest absolute Gasteiger partial charge is 0.406 e. The molecule has 208 valence electrons. The first kappa shape index (κ1) is 26.0. The van der Waals surface area contributed by atoms with Gasteiger partial charge in [-0.1, -0.05) is 20.8 Å². The molecule has 0 spiro atoms. The lowest BCUT2D eigenvalue weighted by Gasteiger charge is -2.28. The van der Waals surface area contributed by atoms with Gasteiger partial charge in [-0.25, -0.2) is 14.4 Å². The number of rotatable bonds is 4. The topological polar surface area (TPSA) is 84.6 Å². The van der Waals surface area contributed by atoms with Gasteiger partial charge in [0.25, 0.3) is 5.91 Å². The number of nitrogens with one attached hydrogen (secondary N) is 1. The van der Waals surface area contributed by atoms with Crippen molar-refractivity contribution in [1.82, 2.24) is 24.3 Å². The van der Waals surface area contributed by atoms with E-state index in [0.717, 1.165) is 10.5 Å². The summed E-state index contributed by atoms with van der Waals surface area (Å²) in [5.74, 6) is -0.349. The number of aromatic nitrogens is 4. The lowest BCUT2D eigenvalue weighted by atomic mass is 9.89. The summed E-state index contributed by atoms with van der Waals surface area (Å²) in [6, 6.07) is 4.69. The SMILES string of the molecule is CC(C)(C)c1cc2c(cn1)-c1cnc(NCc3c(F)ccc4c3CCO4)n3cnc(c13)C(=O)N(CC(F)(F)F)C2. The van der Waals surface area contributed by atoms with Crippen LogP contribution in [-0.4, -0.2) is 49.5 Å². The first-order valence-electron chi connectivity index (χ1n) is 12.8. The fourth-order valence-corrected chi connectivity index (χ4v) is 5.23. The van der Waals surface area contributed by atoms with Crippen LogP contribution in [0.3, 0.4) is 0 Å². The third-order valence-electron chi connectivity index (χ3n) is 7.20. The average Bonchev–Trinajstić information content (AvgIpc) is 3.53. The number of carbonyl (C=O) groups is 1. The maximum Gasteiger partial charge on any atom is 0.406 e. The summed E-state index contributed by atoms with van der Waals surface area (Å²) in [6.07, 6.45) is 0.461. The minimum atomic E-state index is -4.61. The second-order valence-corrected chi connectivity index (χ2v) is 11.0. The summed E-state index contributed by atoms with van der Waals surface area (Å²) in [7, 11) is 0. The Kier molecular flexibility index (Phi) is 5.97. The number of fused-ring (bicyclic) bond motifs is 3. The molecule has 2 aliphatic heterocycles. The number of benzene rings is 1. The predicted molar refractivity (Wildman–Crippen MR) is 139 cm³/mol. The number of imidazole rings is 1. The van der Waals surface area contributed by atoms with Gasteiger partial charge in [-0.15, -0.1) is 0 Å². The van der Waals surface area contributed by atoms with Gasteiger partial charge in [0.05, 0.1) is 12.1 Å². The Hall–Kier alpha value is -4.22. The molecule has 5 heterocycles. The van der Waals surface area contributed by atoms with E-state index >= 15 is 0 Å². The van der Waals surface area contributed by atoms with Gasteiger partial charge in [-0.05, 0) is 23.8 Å². The zero-order valence-corrected chi connectivity index (χ0v) is 22.1. The number of amides is 1. The second kappa shape index (κ2) is 9.17. The fourth-order valence-electron chi connectivity index (χ4n) is 5.23. The van der Waals surface area contributed by atoms with Gasteiger partial charge in [0, 0.05) is 65.3 Å². The molecule has 8 nitrogen and oxygen atoms in total. The molecule has 1 aromatic carbocycles. The Labute approximate surface area is 227 Å². The van der Waals surface area contributed by atoms with Crippen LogP contribution in [0.25, 0.3) is 16.6 Å². The summed E-state index contributed by atoms with van der Waals surface area (Å²) in [5, 5.41) is 3.11. The Morgan fingerprint density at radius 1 is 1.07 bits per heavy atom. The van der Waals surface area contributed by atoms with E-state index in [0.29, 0.717) is 52.2 Å². The number of hydrogen-bond donors (Lipinski definition) is 1. The van der Waals surface area contributed by atoms with Crippen molar-refractivity contribution in [1.29, 1.82) is 0 Å². The second-order valence-electron chi connectivity index (χ2n) is 11.0. The van der Waals surface area contributed by atoms with Crippen molar-refractivity contribution in [3.05, 3.63) is 70.8 Å². The van der Waals surface area contributed by atoms with E-state index in [1.807, 2.05) is 20.8 Å². The van der Waals surface area contributed by atoms with Gasteiger partial charge in [0.15, 0.2) is 5.69 Å². The number of halogens is 4. The maximum absolute atomic E-state index is 14.7. The molecule has 0 unspecified atom stereocenters. The van der Waals surface area contributed by atoms with Crippen LogP contribution in [0, 0.1) is 5.82 Å². The predicted octanol–water partition coefficient (Wildman–Crippen LogP) is 5.29. The summed E-state index contributed by atoms with van der Waals surface area (Å²) in [4.78, 5) is 27.6. The monoisotopic (exact) mass is 554 g/mol. The molecule has 3 aromatic heterocycles. The first-order valence-corrected chi connectivity index (χ1v) is 12.8. The third-order valence-corrected chi connectivity index (χ3v) is 7.20. The van der Waals surface area contributed by atoms with Crippen molar-refractivity contribution in [3.63, 3.8) is 0 Å². The Morgan fingerprint density at radius 3 is 2.60 bits per heavy atom. The highest BCUT2D eigenvalue weighted by Gasteiger charge is 2.37.